The van der Waals surface area contributed by atoms with Crippen LogP contribution in [0.4, 0.5) is 22.7 Å². The smallest absolute Gasteiger partial charge is 0.146 e. The summed E-state index contributed by atoms with van der Waals surface area (Å²) < 4.78 is 0. The van der Waals surface area contributed by atoms with Gasteiger partial charge in [0.05, 0.1) is 11.4 Å². The summed E-state index contributed by atoms with van der Waals surface area (Å²) in [5.41, 5.74) is 17.2. The number of rotatable bonds is 8. The summed E-state index contributed by atoms with van der Waals surface area (Å²) in [6.45, 7) is 31.9. The van der Waals surface area contributed by atoms with Gasteiger partial charge in [-0.25, -0.2) is 0 Å². The molecule has 0 spiro atoms. The molecular weight excluding hydrogens is 774 g/mol. The maximum absolute atomic E-state index is 6.96. The Balaban J connectivity index is 0.000000219. The molecule has 2 aliphatic rings. The van der Waals surface area contributed by atoms with Gasteiger partial charge in [0.25, 0.3) is 0 Å². The van der Waals surface area contributed by atoms with Gasteiger partial charge in [0.15, 0.2) is 0 Å². The SMILES string of the molecule is CC(C)c1cccc(C(C)C)c1N1CN(c2c(C(C)C)cccc2C(C)C)C(Cl)=C1Cl.Cc1cc(C)c(N2CN(c3c(C)cc(C)cc3C)C(Cl)=C2Cl)c(C)c1. The average molecular weight is 835 g/mol. The maximum Gasteiger partial charge on any atom is 0.146 e. The minimum atomic E-state index is 0.389. The van der Waals surface area contributed by atoms with Gasteiger partial charge in [-0.3, -0.25) is 0 Å². The third-order valence-electron chi connectivity index (χ3n) is 10.9. The van der Waals surface area contributed by atoms with Gasteiger partial charge in [0.2, 0.25) is 0 Å². The highest BCUT2D eigenvalue weighted by molar-refractivity contribution is 6.42. The number of hydrogen-bond acceptors (Lipinski definition) is 4. The Kier molecular flexibility index (Phi) is 13.8. The van der Waals surface area contributed by atoms with E-state index in [1.807, 2.05) is 0 Å². The molecule has 0 saturated carbocycles. The predicted octanol–water partition coefficient (Wildman–Crippen LogP) is 15.5. The zero-order valence-electron chi connectivity index (χ0n) is 35.8. The van der Waals surface area contributed by atoms with E-state index in [0.29, 0.717) is 57.6 Å². The Morgan fingerprint density at radius 1 is 0.375 bits per heavy atom. The summed E-state index contributed by atoms with van der Waals surface area (Å²) in [4.78, 5) is 8.62. The molecule has 8 heteroatoms. The molecule has 6 rings (SSSR count). The fraction of sp³-hybridized carbons (Fsp3) is 0.417. The van der Waals surface area contributed by atoms with Crippen LogP contribution in [0.1, 0.15) is 135 Å². The number of anilines is 4. The van der Waals surface area contributed by atoms with Crippen LogP contribution in [0.15, 0.2) is 81.3 Å². The minimum Gasteiger partial charge on any atom is -0.310 e. The van der Waals surface area contributed by atoms with E-state index in [-0.39, 0.29) is 0 Å². The van der Waals surface area contributed by atoms with Crippen molar-refractivity contribution in [2.24, 2.45) is 0 Å². The molecule has 0 bridgehead atoms. The number of nitrogens with zero attached hydrogens (tertiary/aromatic N) is 4. The van der Waals surface area contributed by atoms with Crippen LogP contribution in [0.3, 0.4) is 0 Å². The number of benzene rings is 4. The summed E-state index contributed by atoms with van der Waals surface area (Å²) in [5, 5.41) is 2.36. The summed E-state index contributed by atoms with van der Waals surface area (Å²) in [5.74, 6) is 1.56. The van der Waals surface area contributed by atoms with E-state index in [1.54, 1.807) is 0 Å². The number of aryl methyl sites for hydroxylation is 6. The minimum absolute atomic E-state index is 0.389. The highest BCUT2D eigenvalue weighted by Crippen LogP contribution is 2.47. The molecule has 4 aromatic rings. The average Bonchev–Trinajstić information content (AvgIpc) is 3.56. The van der Waals surface area contributed by atoms with Crippen LogP contribution in [0, 0.1) is 41.5 Å². The Labute approximate surface area is 357 Å². The van der Waals surface area contributed by atoms with Crippen molar-refractivity contribution in [2.75, 3.05) is 32.9 Å². The fourth-order valence-electron chi connectivity index (χ4n) is 8.50. The van der Waals surface area contributed by atoms with Crippen molar-refractivity contribution in [2.45, 2.75) is 121 Å². The first-order valence-corrected chi connectivity index (χ1v) is 21.4. The van der Waals surface area contributed by atoms with Crippen molar-refractivity contribution in [3.8, 4) is 0 Å². The molecule has 0 aromatic heterocycles. The third-order valence-corrected chi connectivity index (χ3v) is 12.6. The Bertz CT molecular complexity index is 1910. The summed E-state index contributed by atoms with van der Waals surface area (Å²) >= 11 is 27.2. The quantitative estimate of drug-likeness (QED) is 0.164. The van der Waals surface area contributed by atoms with E-state index in [9.17, 15) is 0 Å². The van der Waals surface area contributed by atoms with Crippen LogP contribution in [-0.4, -0.2) is 13.3 Å². The Morgan fingerprint density at radius 3 is 0.804 bits per heavy atom. The molecule has 0 saturated heterocycles. The fourth-order valence-corrected chi connectivity index (χ4v) is 9.46. The van der Waals surface area contributed by atoms with Gasteiger partial charge in [-0.15, -0.1) is 0 Å². The molecular formula is C48H60Cl4N4. The van der Waals surface area contributed by atoms with Crippen LogP contribution in [0.5, 0.6) is 0 Å². The summed E-state index contributed by atoms with van der Waals surface area (Å²) in [6, 6.07) is 21.9. The summed E-state index contributed by atoms with van der Waals surface area (Å²) in [7, 11) is 0. The standard InChI is InChI=1S/C27H36Cl2N2.C21H24Cl2N2/c1-16(2)20-11-9-12-21(17(3)4)24(20)30-15-31(27(29)26(30)28)25-22(18(5)6)13-10-14-23(25)19(7)8;1-12-7-14(3)18(15(4)8-12)24-11-25(21(23)20(24)22)19-16(5)9-13(2)10-17(19)6/h9-14,16-19H,15H2,1-8H3;7-10H,11H2,1-6H3. The van der Waals surface area contributed by atoms with Gasteiger partial charge in [-0.05, 0) is 110 Å². The molecule has 0 aliphatic carbocycles. The first-order chi connectivity index (χ1) is 26.3. The first-order valence-electron chi connectivity index (χ1n) is 19.9. The van der Waals surface area contributed by atoms with Crippen molar-refractivity contribution in [3.05, 3.63) is 137 Å². The lowest BCUT2D eigenvalue weighted by Crippen LogP contribution is -2.30. The molecule has 2 heterocycles. The van der Waals surface area contributed by atoms with E-state index >= 15 is 0 Å². The Hall–Kier alpha value is -3.28. The molecule has 0 unspecified atom stereocenters. The monoisotopic (exact) mass is 832 g/mol. The van der Waals surface area contributed by atoms with Crippen molar-refractivity contribution >= 4 is 69.2 Å². The molecule has 0 N–H and O–H groups in total. The number of halogens is 4. The van der Waals surface area contributed by atoms with Crippen molar-refractivity contribution in [3.63, 3.8) is 0 Å². The molecule has 0 amide bonds. The largest absolute Gasteiger partial charge is 0.310 e. The highest BCUT2D eigenvalue weighted by Gasteiger charge is 2.35. The second-order valence-corrected chi connectivity index (χ2v) is 18.3. The first kappa shape index (κ1) is 43.8. The lowest BCUT2D eigenvalue weighted by Gasteiger charge is -2.31. The normalized spacial score (nSPS) is 14.8. The summed E-state index contributed by atoms with van der Waals surface area (Å²) in [6.07, 6.45) is 0. The predicted molar refractivity (Wildman–Crippen MR) is 248 cm³/mol. The van der Waals surface area contributed by atoms with Gasteiger partial charge in [-0.2, -0.15) is 0 Å². The van der Waals surface area contributed by atoms with Crippen molar-refractivity contribution in [1.29, 1.82) is 0 Å². The van der Waals surface area contributed by atoms with Gasteiger partial charge in [0, 0.05) is 11.4 Å². The second kappa shape index (κ2) is 17.7. The van der Waals surface area contributed by atoms with Crippen LogP contribution in [0.2, 0.25) is 0 Å². The zero-order chi connectivity index (χ0) is 41.5. The van der Waals surface area contributed by atoms with Crippen LogP contribution < -0.4 is 19.6 Å². The molecule has 2 aliphatic heterocycles. The van der Waals surface area contributed by atoms with Crippen LogP contribution in [-0.2, 0) is 0 Å². The molecule has 56 heavy (non-hydrogen) atoms. The zero-order valence-corrected chi connectivity index (χ0v) is 38.8. The number of para-hydroxylation sites is 2. The van der Waals surface area contributed by atoms with E-state index in [4.69, 9.17) is 46.4 Å². The van der Waals surface area contributed by atoms with Crippen molar-refractivity contribution in [1.82, 2.24) is 0 Å². The highest BCUT2D eigenvalue weighted by atomic mass is 35.5. The van der Waals surface area contributed by atoms with Gasteiger partial charge < -0.3 is 19.6 Å². The maximum atomic E-state index is 6.96. The molecule has 0 fully saturated rings. The lowest BCUT2D eigenvalue weighted by molar-refractivity contribution is 0.801. The van der Waals surface area contributed by atoms with Gasteiger partial charge in [-0.1, -0.05) is 174 Å². The number of hydrogen-bond donors (Lipinski definition) is 0. The van der Waals surface area contributed by atoms with E-state index in [0.717, 1.165) is 11.4 Å². The molecule has 0 atom stereocenters. The molecule has 4 aromatic carbocycles. The van der Waals surface area contributed by atoms with E-state index in [1.165, 1.54) is 67.0 Å². The van der Waals surface area contributed by atoms with Crippen LogP contribution in [0.25, 0.3) is 0 Å². The topological polar surface area (TPSA) is 13.0 Å². The second-order valence-electron chi connectivity index (χ2n) is 16.8. The third kappa shape index (κ3) is 8.60. The van der Waals surface area contributed by atoms with Gasteiger partial charge >= 0.3 is 0 Å². The Morgan fingerprint density at radius 2 is 0.589 bits per heavy atom. The van der Waals surface area contributed by atoms with Crippen LogP contribution >= 0.6 is 46.4 Å². The molecule has 4 nitrogen and oxygen atoms in total. The van der Waals surface area contributed by atoms with Gasteiger partial charge in [0.1, 0.15) is 34.0 Å². The molecule has 300 valence electrons. The van der Waals surface area contributed by atoms with E-state index in [2.05, 4.69) is 177 Å². The lowest BCUT2D eigenvalue weighted by atomic mass is 9.91. The van der Waals surface area contributed by atoms with Crippen molar-refractivity contribution < 1.29 is 0 Å². The molecule has 0 radical (unpaired) electrons. The van der Waals surface area contributed by atoms with E-state index < -0.39 is 0 Å².